The third-order valence-electron chi connectivity index (χ3n) is 4.41. The van der Waals surface area contributed by atoms with Crippen molar-refractivity contribution in [3.63, 3.8) is 0 Å². The second-order valence-corrected chi connectivity index (χ2v) is 5.12. The fourth-order valence-corrected chi connectivity index (χ4v) is 3.19. The molecule has 2 bridgehead atoms. The molecule has 2 N–H and O–H groups in total. The van der Waals surface area contributed by atoms with Crippen molar-refractivity contribution in [2.75, 3.05) is 0 Å². The van der Waals surface area contributed by atoms with Gasteiger partial charge in [-0.25, -0.2) is 0 Å². The molecule has 3 rings (SSSR count). The Balaban J connectivity index is 2.17. The zero-order valence-electron chi connectivity index (χ0n) is 7.80. The van der Waals surface area contributed by atoms with Crippen molar-refractivity contribution in [2.24, 2.45) is 28.9 Å². The van der Waals surface area contributed by atoms with Crippen LogP contribution in [0.4, 0.5) is 0 Å². The van der Waals surface area contributed by atoms with Crippen LogP contribution in [0.5, 0.6) is 0 Å². The summed E-state index contributed by atoms with van der Waals surface area (Å²) in [4.78, 5) is 0. The first kappa shape index (κ1) is 7.60. The van der Waals surface area contributed by atoms with Gasteiger partial charge in [-0.1, -0.05) is 20.8 Å². The first-order valence-corrected chi connectivity index (χ1v) is 4.79. The van der Waals surface area contributed by atoms with E-state index in [4.69, 9.17) is 5.73 Å². The van der Waals surface area contributed by atoms with Crippen molar-refractivity contribution in [1.29, 1.82) is 0 Å². The minimum absolute atomic E-state index is 0.492. The molecule has 0 aromatic rings. The summed E-state index contributed by atoms with van der Waals surface area (Å²) in [5.74, 6) is 2.60. The molecule has 0 aliphatic heterocycles. The van der Waals surface area contributed by atoms with Crippen LogP contribution in [0.25, 0.3) is 0 Å². The summed E-state index contributed by atoms with van der Waals surface area (Å²) >= 11 is 0. The van der Waals surface area contributed by atoms with E-state index in [2.05, 4.69) is 20.8 Å². The van der Waals surface area contributed by atoms with Gasteiger partial charge in [0.05, 0.1) is 0 Å². The Labute approximate surface area is 69.4 Å². The molecule has 0 aromatic heterocycles. The van der Waals surface area contributed by atoms with Crippen LogP contribution >= 0.6 is 0 Å². The predicted octanol–water partition coefficient (Wildman–Crippen LogP) is 2.02. The van der Waals surface area contributed by atoms with Crippen LogP contribution in [0, 0.1) is 23.2 Å². The molecule has 3 aliphatic carbocycles. The van der Waals surface area contributed by atoms with Gasteiger partial charge < -0.3 is 5.73 Å². The van der Waals surface area contributed by atoms with Gasteiger partial charge in [-0.3, -0.25) is 0 Å². The Morgan fingerprint density at radius 2 is 1.91 bits per heavy atom. The highest BCUT2D eigenvalue weighted by molar-refractivity contribution is 5.06. The minimum Gasteiger partial charge on any atom is -0.327 e. The van der Waals surface area contributed by atoms with Crippen molar-refractivity contribution >= 4 is 0 Å². The molecule has 64 valence electrons. The Hall–Kier alpha value is -0.0400. The van der Waals surface area contributed by atoms with Crippen LogP contribution < -0.4 is 5.73 Å². The van der Waals surface area contributed by atoms with E-state index in [1.165, 1.54) is 12.8 Å². The van der Waals surface area contributed by atoms with Gasteiger partial charge in [-0.15, -0.1) is 0 Å². The lowest BCUT2D eigenvalue weighted by atomic mass is 9.45. The summed E-state index contributed by atoms with van der Waals surface area (Å²) in [7, 11) is 0. The van der Waals surface area contributed by atoms with Crippen LogP contribution in [-0.4, -0.2) is 6.04 Å². The van der Waals surface area contributed by atoms with Crippen LogP contribution in [-0.2, 0) is 0 Å². The van der Waals surface area contributed by atoms with Crippen molar-refractivity contribution in [2.45, 2.75) is 39.7 Å². The Kier molecular flexibility index (Phi) is 1.39. The van der Waals surface area contributed by atoms with Crippen LogP contribution in [0.3, 0.4) is 0 Å². The van der Waals surface area contributed by atoms with Gasteiger partial charge >= 0.3 is 0 Å². The summed E-state index contributed by atoms with van der Waals surface area (Å²) in [6.45, 7) is 7.15. The maximum Gasteiger partial charge on any atom is 0.00702 e. The van der Waals surface area contributed by atoms with Gasteiger partial charge in [0.2, 0.25) is 0 Å². The monoisotopic (exact) mass is 153 g/mol. The van der Waals surface area contributed by atoms with Gasteiger partial charge in [-0.2, -0.15) is 0 Å². The van der Waals surface area contributed by atoms with Gasteiger partial charge in [0.1, 0.15) is 0 Å². The molecule has 3 fully saturated rings. The lowest BCUT2D eigenvalue weighted by Gasteiger charge is -2.61. The molecular formula is C10H19N. The molecule has 0 unspecified atom stereocenters. The van der Waals surface area contributed by atoms with E-state index in [9.17, 15) is 0 Å². The molecule has 1 heteroatoms. The SMILES string of the molecule is C[C@@H]1[C@H](N)C[C@@H]2C[C@H]1C2(C)C. The lowest BCUT2D eigenvalue weighted by Crippen LogP contribution is -2.58. The fraction of sp³-hybridized carbons (Fsp3) is 1.00. The zero-order chi connectivity index (χ0) is 8.22. The molecule has 4 atom stereocenters. The summed E-state index contributed by atoms with van der Waals surface area (Å²) < 4.78 is 0. The van der Waals surface area contributed by atoms with E-state index in [-0.39, 0.29) is 0 Å². The van der Waals surface area contributed by atoms with E-state index in [1.807, 2.05) is 0 Å². The molecule has 0 radical (unpaired) electrons. The molecule has 3 saturated carbocycles. The van der Waals surface area contributed by atoms with Crippen molar-refractivity contribution in [3.8, 4) is 0 Å². The normalized spacial score (nSPS) is 53.5. The first-order chi connectivity index (χ1) is 5.03. The smallest absolute Gasteiger partial charge is 0.00702 e. The van der Waals surface area contributed by atoms with Gasteiger partial charge in [0.25, 0.3) is 0 Å². The first-order valence-electron chi connectivity index (χ1n) is 4.79. The molecule has 3 aliphatic rings. The number of hydrogen-bond donors (Lipinski definition) is 1. The average Bonchev–Trinajstić information content (AvgIpc) is 1.93. The quantitative estimate of drug-likeness (QED) is 0.566. The number of hydrogen-bond acceptors (Lipinski definition) is 1. The van der Waals surface area contributed by atoms with E-state index in [0.29, 0.717) is 11.5 Å². The van der Waals surface area contributed by atoms with E-state index < -0.39 is 0 Å². The van der Waals surface area contributed by atoms with Gasteiger partial charge in [-0.05, 0) is 36.0 Å². The Morgan fingerprint density at radius 1 is 1.27 bits per heavy atom. The minimum atomic E-state index is 0.492. The maximum absolute atomic E-state index is 6.02. The molecule has 0 amide bonds. The van der Waals surface area contributed by atoms with E-state index in [1.54, 1.807) is 0 Å². The third-order valence-corrected chi connectivity index (χ3v) is 4.41. The third kappa shape index (κ3) is 0.807. The van der Waals surface area contributed by atoms with Crippen molar-refractivity contribution in [3.05, 3.63) is 0 Å². The number of nitrogens with two attached hydrogens (primary N) is 1. The molecule has 0 spiro atoms. The van der Waals surface area contributed by atoms with Crippen molar-refractivity contribution in [1.82, 2.24) is 0 Å². The highest BCUT2D eigenvalue weighted by atomic mass is 14.7. The molecular weight excluding hydrogens is 134 g/mol. The second-order valence-electron chi connectivity index (χ2n) is 5.12. The fourth-order valence-electron chi connectivity index (χ4n) is 3.19. The standard InChI is InChI=1S/C10H19N/c1-6-8-4-7(5-9(6)11)10(8,2)3/h6-9H,4-5,11H2,1-3H3/t6-,7-,8+,9+/m0/s1. The summed E-state index contributed by atoms with van der Waals surface area (Å²) in [5.41, 5.74) is 6.63. The molecule has 0 aromatic carbocycles. The summed E-state index contributed by atoms with van der Waals surface area (Å²) in [5, 5.41) is 0. The van der Waals surface area contributed by atoms with E-state index in [0.717, 1.165) is 17.8 Å². The molecule has 0 heterocycles. The van der Waals surface area contributed by atoms with Crippen LogP contribution in [0.2, 0.25) is 0 Å². The van der Waals surface area contributed by atoms with Gasteiger partial charge in [0.15, 0.2) is 0 Å². The maximum atomic E-state index is 6.02. The highest BCUT2D eigenvalue weighted by Crippen LogP contribution is 2.60. The van der Waals surface area contributed by atoms with Crippen LogP contribution in [0.15, 0.2) is 0 Å². The average molecular weight is 153 g/mol. The largest absolute Gasteiger partial charge is 0.327 e. The second kappa shape index (κ2) is 2.01. The Bertz CT molecular complexity index is 174. The topological polar surface area (TPSA) is 26.0 Å². The highest BCUT2D eigenvalue weighted by Gasteiger charge is 2.55. The van der Waals surface area contributed by atoms with Gasteiger partial charge in [0, 0.05) is 6.04 Å². The number of rotatable bonds is 0. The predicted molar refractivity (Wildman–Crippen MR) is 47.1 cm³/mol. The van der Waals surface area contributed by atoms with Crippen LogP contribution in [0.1, 0.15) is 33.6 Å². The zero-order valence-corrected chi connectivity index (χ0v) is 7.80. The molecule has 11 heavy (non-hydrogen) atoms. The number of fused-ring (bicyclic) bond motifs is 2. The summed E-state index contributed by atoms with van der Waals surface area (Å²) in [6, 6.07) is 0.492. The Morgan fingerprint density at radius 3 is 2.27 bits per heavy atom. The molecule has 1 nitrogen and oxygen atoms in total. The summed E-state index contributed by atoms with van der Waals surface area (Å²) in [6.07, 6.45) is 2.71. The van der Waals surface area contributed by atoms with Crippen molar-refractivity contribution < 1.29 is 0 Å². The lowest BCUT2D eigenvalue weighted by molar-refractivity contribution is -0.108. The van der Waals surface area contributed by atoms with E-state index >= 15 is 0 Å². The molecule has 0 saturated heterocycles.